The fraction of sp³-hybridized carbons (Fsp3) is 0.400. The number of carbonyl (C=O) groups excluding carboxylic acids is 1. The van der Waals surface area contributed by atoms with Gasteiger partial charge in [0.1, 0.15) is 5.82 Å². The van der Waals surface area contributed by atoms with Gasteiger partial charge >= 0.3 is 0 Å². The van der Waals surface area contributed by atoms with Gasteiger partial charge in [0, 0.05) is 41.9 Å². The zero-order valence-corrected chi connectivity index (χ0v) is 21.0. The number of primary amides is 1. The molecular weight excluding hydrogens is 493 g/mol. The summed E-state index contributed by atoms with van der Waals surface area (Å²) < 4.78 is 44.4. The number of anilines is 2. The highest BCUT2D eigenvalue weighted by molar-refractivity contribution is 6.30. The lowest BCUT2D eigenvalue weighted by molar-refractivity contribution is -0.132. The number of carbonyl (C=O) groups is 1. The Hall–Kier alpha value is -3.11. The number of aromatic amines is 1. The number of halogens is 4. The molecule has 1 amide bonds. The standard InChI is InChI=1S/C25H28ClF3N6O/c1-13-9-19(34-33-13)32-23-21(28)15(3)20(27)18(31-23)11-25(24(30)36)7-8-35(14(2)10-25)12-16-5-4-6-17(26)22(16)29/h4-6,9,14H,7-8,10-12H2,1-3H3,(H2,30,36)(H2,31,32,33,34)/t14-,25-/m1/s1. The number of aromatic nitrogens is 3. The topological polar surface area (TPSA) is 99.9 Å². The molecule has 1 aliphatic rings. The van der Waals surface area contributed by atoms with Gasteiger partial charge in [0.15, 0.2) is 23.3 Å². The maximum absolute atomic E-state index is 15.1. The number of nitrogens with one attached hydrogen (secondary N) is 2. The Bertz CT molecular complexity index is 1300. The maximum Gasteiger partial charge on any atom is 0.224 e. The minimum Gasteiger partial charge on any atom is -0.369 e. The van der Waals surface area contributed by atoms with E-state index in [9.17, 15) is 13.6 Å². The molecule has 0 saturated carbocycles. The molecule has 4 rings (SSSR count). The Morgan fingerprint density at radius 3 is 2.67 bits per heavy atom. The molecule has 192 valence electrons. The van der Waals surface area contributed by atoms with Crippen molar-refractivity contribution in [1.82, 2.24) is 20.1 Å². The minimum atomic E-state index is -1.10. The third-order valence-electron chi connectivity index (χ3n) is 6.94. The fourth-order valence-corrected chi connectivity index (χ4v) is 5.01. The molecule has 0 bridgehead atoms. The number of piperidine rings is 1. The second kappa shape index (κ2) is 10.1. The summed E-state index contributed by atoms with van der Waals surface area (Å²) in [5.41, 5.74) is 5.69. The number of hydrogen-bond donors (Lipinski definition) is 3. The summed E-state index contributed by atoms with van der Waals surface area (Å²) in [4.78, 5) is 18.9. The lowest BCUT2D eigenvalue weighted by Crippen LogP contribution is -2.52. The highest BCUT2D eigenvalue weighted by atomic mass is 35.5. The van der Waals surface area contributed by atoms with Gasteiger partial charge in [0.05, 0.1) is 16.1 Å². The third-order valence-corrected chi connectivity index (χ3v) is 7.23. The van der Waals surface area contributed by atoms with E-state index < -0.39 is 28.8 Å². The van der Waals surface area contributed by atoms with Gasteiger partial charge in [-0.05, 0) is 46.2 Å². The molecule has 4 N–H and O–H groups in total. The van der Waals surface area contributed by atoms with E-state index >= 15 is 4.39 Å². The first-order chi connectivity index (χ1) is 17.0. The zero-order valence-electron chi connectivity index (χ0n) is 20.3. The fourth-order valence-electron chi connectivity index (χ4n) is 4.82. The minimum absolute atomic E-state index is 0.0475. The third kappa shape index (κ3) is 5.05. The predicted octanol–water partition coefficient (Wildman–Crippen LogP) is 4.93. The summed E-state index contributed by atoms with van der Waals surface area (Å²) >= 11 is 5.91. The number of nitrogens with zero attached hydrogens (tertiary/aromatic N) is 3. The molecule has 2 atom stereocenters. The van der Waals surface area contributed by atoms with Crippen LogP contribution in [0.25, 0.3) is 0 Å². The van der Waals surface area contributed by atoms with Gasteiger partial charge in [-0.15, -0.1) is 0 Å². The van der Waals surface area contributed by atoms with Crippen LogP contribution in [0.5, 0.6) is 0 Å². The normalized spacial score (nSPS) is 20.5. The number of likely N-dealkylation sites (tertiary alicyclic amines) is 1. The van der Waals surface area contributed by atoms with Crippen molar-refractivity contribution >= 4 is 29.1 Å². The number of pyridine rings is 1. The summed E-state index contributed by atoms with van der Waals surface area (Å²) in [6, 6.07) is 6.33. The van der Waals surface area contributed by atoms with Gasteiger partial charge in [0.2, 0.25) is 5.91 Å². The van der Waals surface area contributed by atoms with Gasteiger partial charge in [-0.2, -0.15) is 5.10 Å². The number of H-pyrrole nitrogens is 1. The summed E-state index contributed by atoms with van der Waals surface area (Å²) in [5, 5.41) is 9.55. The van der Waals surface area contributed by atoms with Crippen molar-refractivity contribution in [3.63, 3.8) is 0 Å². The van der Waals surface area contributed by atoms with Crippen LogP contribution in [-0.2, 0) is 17.8 Å². The molecule has 0 aliphatic carbocycles. The smallest absolute Gasteiger partial charge is 0.224 e. The van der Waals surface area contributed by atoms with Crippen LogP contribution in [0.15, 0.2) is 24.3 Å². The van der Waals surface area contributed by atoms with Crippen LogP contribution >= 0.6 is 11.6 Å². The summed E-state index contributed by atoms with van der Waals surface area (Å²) in [7, 11) is 0. The first kappa shape index (κ1) is 26.0. The first-order valence-electron chi connectivity index (χ1n) is 11.6. The van der Waals surface area contributed by atoms with E-state index in [0.29, 0.717) is 37.3 Å². The van der Waals surface area contributed by atoms with Crippen LogP contribution in [0.3, 0.4) is 0 Å². The number of nitrogens with two attached hydrogens (primary N) is 1. The van der Waals surface area contributed by atoms with E-state index in [4.69, 9.17) is 17.3 Å². The van der Waals surface area contributed by atoms with Crippen molar-refractivity contribution in [3.8, 4) is 0 Å². The van der Waals surface area contributed by atoms with Crippen LogP contribution in [0.4, 0.5) is 24.8 Å². The molecule has 3 aromatic rings. The van der Waals surface area contributed by atoms with Gasteiger partial charge < -0.3 is 11.1 Å². The number of benzene rings is 1. The predicted molar refractivity (Wildman–Crippen MR) is 131 cm³/mol. The van der Waals surface area contributed by atoms with Gasteiger partial charge in [-0.1, -0.05) is 23.7 Å². The lowest BCUT2D eigenvalue weighted by Gasteiger charge is -2.44. The Labute approximate surface area is 212 Å². The molecule has 0 unspecified atom stereocenters. The second-order valence-electron chi connectivity index (χ2n) is 9.53. The van der Waals surface area contributed by atoms with Crippen molar-refractivity contribution in [2.45, 2.75) is 52.6 Å². The van der Waals surface area contributed by atoms with Crippen LogP contribution in [-0.4, -0.2) is 38.6 Å². The van der Waals surface area contributed by atoms with Crippen LogP contribution in [0.2, 0.25) is 5.02 Å². The molecule has 3 heterocycles. The highest BCUT2D eigenvalue weighted by Gasteiger charge is 2.44. The lowest BCUT2D eigenvalue weighted by atomic mass is 9.71. The number of hydrogen-bond acceptors (Lipinski definition) is 5. The van der Waals surface area contributed by atoms with Gasteiger partial charge in [-0.3, -0.25) is 14.8 Å². The van der Waals surface area contributed by atoms with Gasteiger partial charge in [0.25, 0.3) is 0 Å². The van der Waals surface area contributed by atoms with E-state index in [1.807, 2.05) is 11.8 Å². The molecule has 36 heavy (non-hydrogen) atoms. The van der Waals surface area contributed by atoms with Crippen molar-refractivity contribution in [2.24, 2.45) is 11.1 Å². The SMILES string of the molecule is Cc1cc(Nc2nc(C[C@@]3(C(N)=O)CCN(Cc4cccc(Cl)c4F)[C@H](C)C3)c(F)c(C)c2F)n[nH]1. The molecule has 1 saturated heterocycles. The van der Waals surface area contributed by atoms with Crippen LogP contribution in [0.1, 0.15) is 42.3 Å². The van der Waals surface area contributed by atoms with E-state index in [2.05, 4.69) is 20.5 Å². The van der Waals surface area contributed by atoms with Crippen molar-refractivity contribution in [2.75, 3.05) is 11.9 Å². The second-order valence-corrected chi connectivity index (χ2v) is 9.94. The molecule has 11 heteroatoms. The zero-order chi connectivity index (χ0) is 26.2. The molecule has 2 aromatic heterocycles. The average molecular weight is 521 g/mol. The molecule has 1 aliphatic heterocycles. The Kier molecular flexibility index (Phi) is 7.28. The summed E-state index contributed by atoms with van der Waals surface area (Å²) in [6.07, 6.45) is 0.532. The monoisotopic (exact) mass is 520 g/mol. The molecule has 7 nitrogen and oxygen atoms in total. The van der Waals surface area contributed by atoms with E-state index in [1.165, 1.54) is 13.0 Å². The highest BCUT2D eigenvalue weighted by Crippen LogP contribution is 2.40. The summed E-state index contributed by atoms with van der Waals surface area (Å²) in [5.74, 6) is -2.56. The van der Waals surface area contributed by atoms with Crippen molar-refractivity contribution in [1.29, 1.82) is 0 Å². The number of aryl methyl sites for hydroxylation is 1. The Morgan fingerprint density at radius 1 is 1.28 bits per heavy atom. The number of amides is 1. The van der Waals surface area contributed by atoms with E-state index in [-0.39, 0.29) is 34.6 Å². The Balaban J connectivity index is 1.58. The molecule has 1 aromatic carbocycles. The molecule has 0 spiro atoms. The van der Waals surface area contributed by atoms with E-state index in [1.54, 1.807) is 25.1 Å². The van der Waals surface area contributed by atoms with Crippen LogP contribution < -0.4 is 11.1 Å². The molecule has 0 radical (unpaired) electrons. The number of rotatable bonds is 7. The van der Waals surface area contributed by atoms with Crippen molar-refractivity contribution < 1.29 is 18.0 Å². The quantitative estimate of drug-likeness (QED) is 0.410. The van der Waals surface area contributed by atoms with E-state index in [0.717, 1.165) is 5.69 Å². The van der Waals surface area contributed by atoms with Gasteiger partial charge in [-0.25, -0.2) is 18.2 Å². The average Bonchev–Trinajstić information content (AvgIpc) is 3.24. The largest absolute Gasteiger partial charge is 0.369 e. The maximum atomic E-state index is 15.1. The van der Waals surface area contributed by atoms with Crippen molar-refractivity contribution in [3.05, 3.63) is 69.3 Å². The molecule has 1 fully saturated rings. The summed E-state index contributed by atoms with van der Waals surface area (Å²) in [6.45, 7) is 5.75. The first-order valence-corrected chi connectivity index (χ1v) is 12.0. The van der Waals surface area contributed by atoms with Crippen LogP contribution in [0, 0.1) is 36.7 Å². The molecular formula is C25H28ClF3N6O. The Morgan fingerprint density at radius 2 is 2.03 bits per heavy atom.